The van der Waals surface area contributed by atoms with E-state index in [4.69, 9.17) is 4.74 Å². The molecule has 0 saturated carbocycles. The zero-order chi connectivity index (χ0) is 23.2. The Labute approximate surface area is 195 Å². The fourth-order valence-corrected chi connectivity index (χ4v) is 5.25. The maximum absolute atomic E-state index is 13.2. The Morgan fingerprint density at radius 3 is 2.36 bits per heavy atom. The van der Waals surface area contributed by atoms with Crippen molar-refractivity contribution in [2.24, 2.45) is 11.8 Å². The van der Waals surface area contributed by atoms with Crippen molar-refractivity contribution in [1.82, 2.24) is 14.8 Å². The van der Waals surface area contributed by atoms with Crippen molar-refractivity contribution < 1.29 is 14.3 Å². The molecule has 0 unspecified atom stereocenters. The third-order valence-corrected chi connectivity index (χ3v) is 6.89. The van der Waals surface area contributed by atoms with Gasteiger partial charge >= 0.3 is 6.09 Å². The van der Waals surface area contributed by atoms with Crippen LogP contribution in [0, 0.1) is 11.8 Å². The van der Waals surface area contributed by atoms with Gasteiger partial charge in [0.05, 0.1) is 17.4 Å². The van der Waals surface area contributed by atoms with Gasteiger partial charge in [-0.1, -0.05) is 24.3 Å². The topological polar surface area (TPSA) is 66.0 Å². The lowest BCUT2D eigenvalue weighted by molar-refractivity contribution is 0.0282. The summed E-state index contributed by atoms with van der Waals surface area (Å²) >= 11 is 0. The quantitative estimate of drug-likeness (QED) is 0.703. The molecule has 0 N–H and O–H groups in total. The summed E-state index contributed by atoms with van der Waals surface area (Å²) in [4.78, 5) is 36.1. The van der Waals surface area contributed by atoms with Crippen LogP contribution >= 0.6 is 0 Å². The first-order valence-corrected chi connectivity index (χ1v) is 11.8. The number of amides is 2. The fraction of sp³-hybridized carbons (Fsp3) is 0.500. The van der Waals surface area contributed by atoms with Crippen LogP contribution in [-0.2, 0) is 17.7 Å². The van der Waals surface area contributed by atoms with Crippen molar-refractivity contribution in [2.45, 2.75) is 39.3 Å². The largest absolute Gasteiger partial charge is 0.444 e. The maximum atomic E-state index is 13.2. The zero-order valence-corrected chi connectivity index (χ0v) is 19.7. The SMILES string of the molecule is CC(C)(C)OC(=O)N1C[C@@H]2CN(c3cncc(C(=O)N4CCc5ccccc5C4)c3)C[C@@H]2C1. The van der Waals surface area contributed by atoms with Gasteiger partial charge in [-0.15, -0.1) is 0 Å². The molecule has 0 spiro atoms. The van der Waals surface area contributed by atoms with E-state index in [9.17, 15) is 9.59 Å². The molecule has 4 heterocycles. The van der Waals surface area contributed by atoms with Gasteiger partial charge in [-0.3, -0.25) is 9.78 Å². The Bertz CT molecular complexity index is 1050. The van der Waals surface area contributed by atoms with E-state index >= 15 is 0 Å². The predicted octanol–water partition coefficient (Wildman–Crippen LogP) is 3.58. The third kappa shape index (κ3) is 4.54. The van der Waals surface area contributed by atoms with Crippen LogP contribution in [0.5, 0.6) is 0 Å². The van der Waals surface area contributed by atoms with E-state index in [0.717, 1.165) is 44.8 Å². The number of carbonyl (C=O) groups is 2. The van der Waals surface area contributed by atoms with Crippen LogP contribution in [0.1, 0.15) is 42.3 Å². The molecular formula is C26H32N4O3. The van der Waals surface area contributed by atoms with Crippen molar-refractivity contribution in [3.8, 4) is 0 Å². The first-order valence-electron chi connectivity index (χ1n) is 11.8. The van der Waals surface area contributed by atoms with Crippen molar-refractivity contribution in [1.29, 1.82) is 0 Å². The Morgan fingerprint density at radius 1 is 0.970 bits per heavy atom. The second kappa shape index (κ2) is 8.36. The van der Waals surface area contributed by atoms with E-state index in [1.54, 1.807) is 6.20 Å². The first kappa shape index (κ1) is 21.7. The minimum absolute atomic E-state index is 0.0364. The number of aromatic nitrogens is 1. The molecule has 1 aromatic heterocycles. The van der Waals surface area contributed by atoms with Crippen LogP contribution in [-0.4, -0.2) is 65.1 Å². The molecule has 7 nitrogen and oxygen atoms in total. The van der Waals surface area contributed by atoms with Gasteiger partial charge in [0, 0.05) is 57.3 Å². The lowest BCUT2D eigenvalue weighted by atomic mass is 9.99. The van der Waals surface area contributed by atoms with Gasteiger partial charge in [0.25, 0.3) is 5.91 Å². The number of anilines is 1. The molecule has 2 amide bonds. The van der Waals surface area contributed by atoms with Crippen LogP contribution in [0.15, 0.2) is 42.7 Å². The molecule has 5 rings (SSSR count). The van der Waals surface area contributed by atoms with Crippen LogP contribution in [0.25, 0.3) is 0 Å². The van der Waals surface area contributed by atoms with E-state index in [0.29, 0.717) is 23.9 Å². The van der Waals surface area contributed by atoms with Gasteiger partial charge in [-0.2, -0.15) is 0 Å². The Hall–Kier alpha value is -3.09. The van der Waals surface area contributed by atoms with Crippen molar-refractivity contribution >= 4 is 17.7 Å². The molecule has 3 aliphatic rings. The standard InChI is InChI=1S/C26H32N4O3/c1-26(2,3)33-25(32)30-16-21-14-29(15-22(21)17-30)23-10-20(11-27-12-23)24(31)28-9-8-18-6-4-5-7-19(18)13-28/h4-7,10-12,21-22H,8-9,13-17H2,1-3H3/t21-,22+. The molecule has 7 heteroatoms. The molecule has 0 bridgehead atoms. The molecule has 2 fully saturated rings. The average Bonchev–Trinajstić information content (AvgIpc) is 3.37. The number of ether oxygens (including phenoxy) is 1. The normalized spacial score (nSPS) is 22.2. The van der Waals surface area contributed by atoms with E-state index in [1.165, 1.54) is 11.1 Å². The molecule has 2 atom stereocenters. The van der Waals surface area contributed by atoms with Crippen molar-refractivity contribution in [3.63, 3.8) is 0 Å². The minimum Gasteiger partial charge on any atom is -0.444 e. The number of rotatable bonds is 2. The maximum Gasteiger partial charge on any atom is 0.410 e. The van der Waals surface area contributed by atoms with Crippen LogP contribution in [0.4, 0.5) is 10.5 Å². The summed E-state index contributed by atoms with van der Waals surface area (Å²) in [6, 6.07) is 10.3. The summed E-state index contributed by atoms with van der Waals surface area (Å²) < 4.78 is 5.54. The summed E-state index contributed by atoms with van der Waals surface area (Å²) in [5, 5.41) is 0. The van der Waals surface area contributed by atoms with Gasteiger partial charge in [-0.05, 0) is 44.4 Å². The predicted molar refractivity (Wildman–Crippen MR) is 126 cm³/mol. The summed E-state index contributed by atoms with van der Waals surface area (Å²) in [5.74, 6) is 0.861. The van der Waals surface area contributed by atoms with Crippen LogP contribution in [0.2, 0.25) is 0 Å². The van der Waals surface area contributed by atoms with Gasteiger partial charge in [0.1, 0.15) is 5.60 Å². The monoisotopic (exact) mass is 448 g/mol. The summed E-state index contributed by atoms with van der Waals surface area (Å²) in [7, 11) is 0. The summed E-state index contributed by atoms with van der Waals surface area (Å²) in [6.45, 7) is 10.2. The second-order valence-electron chi connectivity index (χ2n) is 10.5. The zero-order valence-electron chi connectivity index (χ0n) is 19.7. The lowest BCUT2D eigenvalue weighted by Crippen LogP contribution is -2.37. The number of nitrogens with zero attached hydrogens (tertiary/aromatic N) is 4. The van der Waals surface area contributed by atoms with Crippen LogP contribution in [0.3, 0.4) is 0 Å². The fourth-order valence-electron chi connectivity index (χ4n) is 5.25. The molecular weight excluding hydrogens is 416 g/mol. The molecule has 1 aromatic carbocycles. The number of hydrogen-bond donors (Lipinski definition) is 0. The van der Waals surface area contributed by atoms with Gasteiger partial charge < -0.3 is 19.4 Å². The van der Waals surface area contributed by atoms with Gasteiger partial charge in [-0.25, -0.2) is 4.79 Å². The lowest BCUT2D eigenvalue weighted by Gasteiger charge is -2.29. The molecule has 2 saturated heterocycles. The van der Waals surface area contributed by atoms with E-state index in [1.807, 2.05) is 48.9 Å². The van der Waals surface area contributed by atoms with Crippen molar-refractivity contribution in [2.75, 3.05) is 37.6 Å². The Kier molecular flexibility index (Phi) is 5.51. The average molecular weight is 449 g/mol. The van der Waals surface area contributed by atoms with E-state index in [-0.39, 0.29) is 12.0 Å². The number of carbonyl (C=O) groups excluding carboxylic acids is 2. The van der Waals surface area contributed by atoms with Crippen molar-refractivity contribution in [3.05, 3.63) is 59.4 Å². The Morgan fingerprint density at radius 2 is 1.67 bits per heavy atom. The van der Waals surface area contributed by atoms with Gasteiger partial charge in [0.15, 0.2) is 0 Å². The minimum atomic E-state index is -0.476. The number of hydrogen-bond acceptors (Lipinski definition) is 5. The molecule has 0 radical (unpaired) electrons. The van der Waals surface area contributed by atoms with E-state index in [2.05, 4.69) is 28.1 Å². The second-order valence-corrected chi connectivity index (χ2v) is 10.5. The highest BCUT2D eigenvalue weighted by atomic mass is 16.6. The highest BCUT2D eigenvalue weighted by molar-refractivity contribution is 5.95. The summed E-state index contributed by atoms with van der Waals surface area (Å²) in [5.41, 5.74) is 3.70. The molecule has 2 aromatic rings. The van der Waals surface area contributed by atoms with E-state index < -0.39 is 5.60 Å². The molecule has 0 aliphatic carbocycles. The number of fused-ring (bicyclic) bond motifs is 2. The number of likely N-dealkylation sites (tertiary alicyclic amines) is 1. The summed E-state index contributed by atoms with van der Waals surface area (Å²) in [6.07, 6.45) is 4.18. The highest BCUT2D eigenvalue weighted by Crippen LogP contribution is 2.34. The first-order chi connectivity index (χ1) is 15.8. The molecule has 33 heavy (non-hydrogen) atoms. The van der Waals surface area contributed by atoms with Crippen LogP contribution < -0.4 is 4.90 Å². The van der Waals surface area contributed by atoms with Gasteiger partial charge in [0.2, 0.25) is 0 Å². The highest BCUT2D eigenvalue weighted by Gasteiger charge is 2.43. The number of benzene rings is 1. The Balaban J connectivity index is 1.22. The number of pyridine rings is 1. The molecule has 3 aliphatic heterocycles. The smallest absolute Gasteiger partial charge is 0.410 e. The third-order valence-electron chi connectivity index (χ3n) is 6.89. The molecule has 174 valence electrons.